The molecule has 1 amide bonds. The summed E-state index contributed by atoms with van der Waals surface area (Å²) < 4.78 is 6.94. The number of nitrogens with zero attached hydrogens (tertiary/aromatic N) is 4. The average molecular weight is 345 g/mol. The topological polar surface area (TPSA) is 66.5 Å². The largest absolute Gasteiger partial charge is 0.472 e. The van der Waals surface area contributed by atoms with Crippen LogP contribution in [0.4, 0.5) is 5.82 Å². The molecule has 7 nitrogen and oxygen atoms in total. The van der Waals surface area contributed by atoms with Crippen molar-refractivity contribution in [3.8, 4) is 0 Å². The highest BCUT2D eigenvalue weighted by Gasteiger charge is 2.24. The van der Waals surface area contributed by atoms with E-state index in [1.807, 2.05) is 30.7 Å². The minimum atomic E-state index is 0.0604. The van der Waals surface area contributed by atoms with Crippen LogP contribution in [-0.4, -0.2) is 53.8 Å². The van der Waals surface area contributed by atoms with E-state index in [2.05, 4.69) is 22.2 Å². The Labute approximate surface area is 148 Å². The van der Waals surface area contributed by atoms with Gasteiger partial charge in [-0.3, -0.25) is 9.48 Å². The molecule has 0 atom stereocenters. The van der Waals surface area contributed by atoms with Crippen molar-refractivity contribution >= 4 is 11.7 Å². The molecule has 1 saturated heterocycles. The van der Waals surface area contributed by atoms with Gasteiger partial charge in [0, 0.05) is 52.4 Å². The first-order chi connectivity index (χ1) is 12.0. The second kappa shape index (κ2) is 7.31. The molecule has 1 N–H and O–H groups in total. The lowest BCUT2D eigenvalue weighted by Crippen LogP contribution is -2.44. The van der Waals surface area contributed by atoms with Crippen LogP contribution in [0, 0.1) is 6.92 Å². The Morgan fingerprint density at radius 2 is 2.12 bits per heavy atom. The number of piperidine rings is 1. The van der Waals surface area contributed by atoms with Gasteiger partial charge in [-0.2, -0.15) is 5.10 Å². The number of aromatic nitrogens is 2. The molecule has 0 spiro atoms. The van der Waals surface area contributed by atoms with Gasteiger partial charge in [-0.1, -0.05) is 0 Å². The molecular weight excluding hydrogens is 318 g/mol. The van der Waals surface area contributed by atoms with Crippen LogP contribution in [-0.2, 0) is 13.6 Å². The second-order valence-electron chi connectivity index (χ2n) is 6.87. The average Bonchev–Trinajstić information content (AvgIpc) is 3.20. The van der Waals surface area contributed by atoms with Gasteiger partial charge < -0.3 is 19.5 Å². The maximum Gasteiger partial charge on any atom is 0.257 e. The van der Waals surface area contributed by atoms with Crippen LogP contribution in [0.1, 0.15) is 34.5 Å². The predicted octanol–water partition coefficient (Wildman–Crippen LogP) is 1.78. The molecular formula is C18H27N5O2. The molecule has 1 fully saturated rings. The smallest absolute Gasteiger partial charge is 0.257 e. The van der Waals surface area contributed by atoms with E-state index >= 15 is 0 Å². The quantitative estimate of drug-likeness (QED) is 0.895. The predicted molar refractivity (Wildman–Crippen MR) is 96.7 cm³/mol. The Morgan fingerprint density at radius 3 is 2.72 bits per heavy atom. The zero-order valence-electron chi connectivity index (χ0n) is 15.5. The monoisotopic (exact) mass is 345 g/mol. The summed E-state index contributed by atoms with van der Waals surface area (Å²) in [6.45, 7) is 4.40. The van der Waals surface area contributed by atoms with Crippen molar-refractivity contribution in [2.75, 3.05) is 32.1 Å². The van der Waals surface area contributed by atoms with Gasteiger partial charge >= 0.3 is 0 Å². The van der Waals surface area contributed by atoms with Crippen LogP contribution in [0.2, 0.25) is 0 Å². The zero-order valence-corrected chi connectivity index (χ0v) is 15.5. The SMILES string of the molecule is Cc1nn(C)c(N(C)C)c1CNC1CCN(C(=O)c2ccoc2)CC1. The normalized spacial score (nSPS) is 15.6. The number of rotatable bonds is 5. The first kappa shape index (κ1) is 17.5. The van der Waals surface area contributed by atoms with Gasteiger partial charge in [0.1, 0.15) is 12.1 Å². The van der Waals surface area contributed by atoms with Crippen LogP contribution in [0.3, 0.4) is 0 Å². The third kappa shape index (κ3) is 3.71. The van der Waals surface area contributed by atoms with Crippen molar-refractivity contribution in [2.45, 2.75) is 32.4 Å². The first-order valence-electron chi connectivity index (χ1n) is 8.72. The summed E-state index contributed by atoms with van der Waals surface area (Å²) in [5.74, 6) is 1.20. The minimum Gasteiger partial charge on any atom is -0.472 e. The fourth-order valence-corrected chi connectivity index (χ4v) is 3.56. The lowest BCUT2D eigenvalue weighted by Gasteiger charge is -2.32. The third-order valence-corrected chi connectivity index (χ3v) is 4.85. The first-order valence-corrected chi connectivity index (χ1v) is 8.72. The number of amides is 1. The zero-order chi connectivity index (χ0) is 18.0. The summed E-state index contributed by atoms with van der Waals surface area (Å²) in [6, 6.07) is 2.14. The van der Waals surface area contributed by atoms with Gasteiger partial charge in [0.05, 0.1) is 17.5 Å². The molecule has 0 saturated carbocycles. The Kier molecular flexibility index (Phi) is 5.13. The summed E-state index contributed by atoms with van der Waals surface area (Å²) in [7, 11) is 6.06. The summed E-state index contributed by atoms with van der Waals surface area (Å²) in [6.07, 6.45) is 4.97. The molecule has 2 aromatic heterocycles. The fourth-order valence-electron chi connectivity index (χ4n) is 3.56. The highest BCUT2D eigenvalue weighted by atomic mass is 16.3. The maximum atomic E-state index is 12.3. The molecule has 0 aliphatic carbocycles. The lowest BCUT2D eigenvalue weighted by atomic mass is 10.0. The molecule has 0 aromatic carbocycles. The number of anilines is 1. The molecule has 3 heterocycles. The Balaban J connectivity index is 1.54. The number of aryl methyl sites for hydroxylation is 2. The Morgan fingerprint density at radius 1 is 1.40 bits per heavy atom. The Hall–Kier alpha value is -2.28. The number of carbonyl (C=O) groups excluding carboxylic acids is 1. The van der Waals surface area contributed by atoms with E-state index in [0.29, 0.717) is 11.6 Å². The maximum absolute atomic E-state index is 12.3. The van der Waals surface area contributed by atoms with Crippen LogP contribution >= 0.6 is 0 Å². The van der Waals surface area contributed by atoms with E-state index in [1.165, 1.54) is 11.8 Å². The van der Waals surface area contributed by atoms with Gasteiger partial charge in [-0.25, -0.2) is 0 Å². The molecule has 2 aromatic rings. The lowest BCUT2D eigenvalue weighted by molar-refractivity contribution is 0.0704. The third-order valence-electron chi connectivity index (χ3n) is 4.85. The summed E-state index contributed by atoms with van der Waals surface area (Å²) >= 11 is 0. The highest BCUT2D eigenvalue weighted by molar-refractivity contribution is 5.93. The number of furan rings is 1. The summed E-state index contributed by atoms with van der Waals surface area (Å²) in [5.41, 5.74) is 2.93. The van der Waals surface area contributed by atoms with Crippen LogP contribution in [0.25, 0.3) is 0 Å². The standard InChI is InChI=1S/C18H27N5O2/c1-13-16(17(21(2)3)22(4)20-13)11-19-15-5-8-23(9-6-15)18(24)14-7-10-25-12-14/h7,10,12,15,19H,5-6,8-9,11H2,1-4H3. The molecule has 1 aliphatic heterocycles. The van der Waals surface area contributed by atoms with Crippen LogP contribution in [0.5, 0.6) is 0 Å². The fraction of sp³-hybridized carbons (Fsp3) is 0.556. The van der Waals surface area contributed by atoms with Gasteiger partial charge in [0.15, 0.2) is 0 Å². The van der Waals surface area contributed by atoms with Gasteiger partial charge in [0.25, 0.3) is 5.91 Å². The van der Waals surface area contributed by atoms with Gasteiger partial charge in [0.2, 0.25) is 0 Å². The van der Waals surface area contributed by atoms with Crippen molar-refractivity contribution in [1.29, 1.82) is 0 Å². The summed E-state index contributed by atoms with van der Waals surface area (Å²) in [5, 5.41) is 8.18. The van der Waals surface area contributed by atoms with Crippen molar-refractivity contribution < 1.29 is 9.21 Å². The highest BCUT2D eigenvalue weighted by Crippen LogP contribution is 2.22. The molecule has 0 radical (unpaired) electrons. The second-order valence-corrected chi connectivity index (χ2v) is 6.87. The van der Waals surface area contributed by atoms with E-state index in [1.54, 1.807) is 12.3 Å². The van der Waals surface area contributed by atoms with Crippen molar-refractivity contribution in [1.82, 2.24) is 20.0 Å². The van der Waals surface area contributed by atoms with Crippen molar-refractivity contribution in [2.24, 2.45) is 7.05 Å². The van der Waals surface area contributed by atoms with Gasteiger partial charge in [-0.15, -0.1) is 0 Å². The van der Waals surface area contributed by atoms with Crippen molar-refractivity contribution in [3.05, 3.63) is 35.4 Å². The molecule has 136 valence electrons. The van der Waals surface area contributed by atoms with Crippen molar-refractivity contribution in [3.63, 3.8) is 0 Å². The molecule has 0 bridgehead atoms. The van der Waals surface area contributed by atoms with Gasteiger partial charge in [-0.05, 0) is 25.8 Å². The van der Waals surface area contributed by atoms with E-state index in [4.69, 9.17) is 4.42 Å². The molecule has 7 heteroatoms. The number of nitrogens with one attached hydrogen (secondary N) is 1. The Bertz CT molecular complexity index is 712. The number of hydrogen-bond acceptors (Lipinski definition) is 5. The number of carbonyl (C=O) groups is 1. The molecule has 1 aliphatic rings. The van der Waals surface area contributed by atoms with E-state index in [9.17, 15) is 4.79 Å². The number of likely N-dealkylation sites (tertiary alicyclic amines) is 1. The minimum absolute atomic E-state index is 0.0604. The van der Waals surface area contributed by atoms with Crippen LogP contribution < -0.4 is 10.2 Å². The molecule has 25 heavy (non-hydrogen) atoms. The number of hydrogen-bond donors (Lipinski definition) is 1. The van der Waals surface area contributed by atoms with E-state index in [0.717, 1.165) is 44.0 Å². The van der Waals surface area contributed by atoms with Crippen LogP contribution in [0.15, 0.2) is 23.0 Å². The van der Waals surface area contributed by atoms with E-state index in [-0.39, 0.29) is 5.91 Å². The molecule has 3 rings (SSSR count). The molecule has 0 unspecified atom stereocenters. The summed E-state index contributed by atoms with van der Waals surface area (Å²) in [4.78, 5) is 16.3. The van der Waals surface area contributed by atoms with E-state index < -0.39 is 0 Å².